The number of carbonyl (C=O) groups excluding carboxylic acids is 1. The second kappa shape index (κ2) is 8.60. The molecule has 0 saturated carbocycles. The fourth-order valence-corrected chi connectivity index (χ4v) is 4.84. The highest BCUT2D eigenvalue weighted by Gasteiger charge is 2.19. The van der Waals surface area contributed by atoms with E-state index >= 15 is 0 Å². The summed E-state index contributed by atoms with van der Waals surface area (Å²) < 4.78 is 6.33. The van der Waals surface area contributed by atoms with Gasteiger partial charge in [-0.15, -0.1) is 22.7 Å². The van der Waals surface area contributed by atoms with Gasteiger partial charge in [-0.25, -0.2) is 4.98 Å². The molecule has 0 atom stereocenters. The summed E-state index contributed by atoms with van der Waals surface area (Å²) in [6, 6.07) is 17.7. The van der Waals surface area contributed by atoms with E-state index in [1.807, 2.05) is 48.5 Å². The average molecular weight is 410 g/mol. The Morgan fingerprint density at radius 1 is 1.07 bits per heavy atom. The number of methoxy groups -OCH3 is 1. The fourth-order valence-electron chi connectivity index (χ4n) is 2.84. The van der Waals surface area contributed by atoms with Crippen LogP contribution < -0.4 is 0 Å². The molecule has 4 rings (SSSR count). The zero-order chi connectivity index (χ0) is 19.3. The van der Waals surface area contributed by atoms with Gasteiger partial charge >= 0.3 is 0 Å². The van der Waals surface area contributed by atoms with Gasteiger partial charge in [0.2, 0.25) is 0 Å². The van der Waals surface area contributed by atoms with E-state index in [0.29, 0.717) is 24.6 Å². The van der Waals surface area contributed by atoms with Crippen molar-refractivity contribution >= 4 is 38.8 Å². The second-order valence-corrected chi connectivity index (χ2v) is 8.31. The first kappa shape index (κ1) is 18.7. The van der Waals surface area contributed by atoms with E-state index in [9.17, 15) is 4.79 Å². The van der Waals surface area contributed by atoms with Crippen LogP contribution in [0, 0.1) is 0 Å². The molecule has 1 aromatic carbocycles. The molecule has 0 spiro atoms. The number of amides is 1. The van der Waals surface area contributed by atoms with Gasteiger partial charge in [0, 0.05) is 19.9 Å². The van der Waals surface area contributed by atoms with Crippen LogP contribution in [-0.4, -0.2) is 41.0 Å². The highest BCUT2D eigenvalue weighted by atomic mass is 32.1. The molecular formula is C21H19N3O2S2. The summed E-state index contributed by atoms with van der Waals surface area (Å²) in [5, 5.41) is 0.943. The Morgan fingerprint density at radius 2 is 1.93 bits per heavy atom. The standard InChI is InChI=1S/C21H19N3O2S2/c1-26-13-12-24(14-15-6-4-5-11-22-15)21(25)19-10-9-18(27-19)20-23-16-7-2-3-8-17(16)28-20/h2-11H,12-14H2,1H3. The van der Waals surface area contributed by atoms with E-state index in [-0.39, 0.29) is 5.91 Å². The predicted molar refractivity (Wildman–Crippen MR) is 114 cm³/mol. The first-order chi connectivity index (χ1) is 13.7. The van der Waals surface area contributed by atoms with Crippen molar-refractivity contribution in [3.8, 4) is 9.88 Å². The van der Waals surface area contributed by atoms with Crippen LogP contribution in [0.5, 0.6) is 0 Å². The highest BCUT2D eigenvalue weighted by molar-refractivity contribution is 7.26. The van der Waals surface area contributed by atoms with Crippen molar-refractivity contribution in [3.05, 3.63) is 71.4 Å². The van der Waals surface area contributed by atoms with Crippen LogP contribution in [0.15, 0.2) is 60.8 Å². The maximum atomic E-state index is 13.1. The van der Waals surface area contributed by atoms with Gasteiger partial charge < -0.3 is 9.64 Å². The number of aromatic nitrogens is 2. The van der Waals surface area contributed by atoms with Crippen molar-refractivity contribution < 1.29 is 9.53 Å². The number of rotatable bonds is 7. The maximum Gasteiger partial charge on any atom is 0.264 e. The molecule has 0 radical (unpaired) electrons. The quantitative estimate of drug-likeness (QED) is 0.444. The lowest BCUT2D eigenvalue weighted by Crippen LogP contribution is -2.33. The number of nitrogens with zero attached hydrogens (tertiary/aromatic N) is 3. The lowest BCUT2D eigenvalue weighted by Gasteiger charge is -2.21. The van der Waals surface area contributed by atoms with E-state index in [0.717, 1.165) is 25.8 Å². The molecule has 5 nitrogen and oxygen atoms in total. The second-order valence-electron chi connectivity index (χ2n) is 6.19. The molecule has 142 valence electrons. The molecule has 0 bridgehead atoms. The van der Waals surface area contributed by atoms with Crippen LogP contribution in [0.1, 0.15) is 15.4 Å². The van der Waals surface area contributed by atoms with E-state index in [2.05, 4.69) is 11.1 Å². The number of hydrogen-bond acceptors (Lipinski definition) is 6. The fraction of sp³-hybridized carbons (Fsp3) is 0.190. The van der Waals surface area contributed by atoms with Crippen LogP contribution in [0.4, 0.5) is 0 Å². The Kier molecular flexibility index (Phi) is 5.76. The zero-order valence-electron chi connectivity index (χ0n) is 15.4. The van der Waals surface area contributed by atoms with Gasteiger partial charge in [0.05, 0.1) is 38.8 Å². The summed E-state index contributed by atoms with van der Waals surface area (Å²) in [6.45, 7) is 1.45. The Bertz CT molecular complexity index is 1040. The minimum atomic E-state index is -0.0138. The molecule has 0 aliphatic rings. The third-order valence-electron chi connectivity index (χ3n) is 4.25. The Hall–Kier alpha value is -2.61. The van der Waals surface area contributed by atoms with Gasteiger partial charge in [-0.05, 0) is 36.4 Å². The van der Waals surface area contributed by atoms with Crippen molar-refractivity contribution in [2.75, 3.05) is 20.3 Å². The van der Waals surface area contributed by atoms with Crippen molar-refractivity contribution in [2.45, 2.75) is 6.54 Å². The Morgan fingerprint density at radius 3 is 2.71 bits per heavy atom. The van der Waals surface area contributed by atoms with Crippen LogP contribution in [0.2, 0.25) is 0 Å². The molecule has 0 aliphatic carbocycles. The van der Waals surface area contributed by atoms with Crippen LogP contribution in [0.25, 0.3) is 20.1 Å². The van der Waals surface area contributed by atoms with Gasteiger partial charge in [0.25, 0.3) is 5.91 Å². The van der Waals surface area contributed by atoms with Crippen LogP contribution in [-0.2, 0) is 11.3 Å². The minimum Gasteiger partial charge on any atom is -0.383 e. The average Bonchev–Trinajstić information content (AvgIpc) is 3.38. The van der Waals surface area contributed by atoms with Crippen molar-refractivity contribution in [3.63, 3.8) is 0 Å². The largest absolute Gasteiger partial charge is 0.383 e. The van der Waals surface area contributed by atoms with Crippen molar-refractivity contribution in [1.82, 2.24) is 14.9 Å². The molecule has 0 aliphatic heterocycles. The van der Waals surface area contributed by atoms with Gasteiger partial charge in [-0.3, -0.25) is 9.78 Å². The monoisotopic (exact) mass is 409 g/mol. The molecule has 0 unspecified atom stereocenters. The number of carbonyl (C=O) groups is 1. The normalized spacial score (nSPS) is 11.0. The number of hydrogen-bond donors (Lipinski definition) is 0. The lowest BCUT2D eigenvalue weighted by molar-refractivity contribution is 0.0682. The number of pyridine rings is 1. The SMILES string of the molecule is COCCN(Cc1ccccn1)C(=O)c1ccc(-c2nc3ccccc3s2)s1. The van der Waals surface area contributed by atoms with Crippen molar-refractivity contribution in [2.24, 2.45) is 0 Å². The number of fused-ring (bicyclic) bond motifs is 1. The van der Waals surface area contributed by atoms with Gasteiger partial charge in [0.1, 0.15) is 5.01 Å². The number of thiophene rings is 1. The number of thiazole rings is 1. The molecule has 0 N–H and O–H groups in total. The molecule has 0 fully saturated rings. The van der Waals surface area contributed by atoms with Gasteiger partial charge in [-0.1, -0.05) is 18.2 Å². The number of para-hydroxylation sites is 1. The Balaban J connectivity index is 1.56. The zero-order valence-corrected chi connectivity index (χ0v) is 17.0. The summed E-state index contributed by atoms with van der Waals surface area (Å²) in [4.78, 5) is 25.6. The summed E-state index contributed by atoms with van der Waals surface area (Å²) in [7, 11) is 1.64. The van der Waals surface area contributed by atoms with Crippen molar-refractivity contribution in [1.29, 1.82) is 0 Å². The molecule has 1 amide bonds. The molecular weight excluding hydrogens is 390 g/mol. The third-order valence-corrected chi connectivity index (χ3v) is 6.53. The minimum absolute atomic E-state index is 0.0138. The molecule has 7 heteroatoms. The molecule has 4 aromatic rings. The molecule has 0 saturated heterocycles. The summed E-state index contributed by atoms with van der Waals surface area (Å²) in [5.74, 6) is -0.0138. The summed E-state index contributed by atoms with van der Waals surface area (Å²) >= 11 is 3.12. The van der Waals surface area contributed by atoms with E-state index in [1.165, 1.54) is 11.3 Å². The third kappa shape index (κ3) is 4.11. The first-order valence-corrected chi connectivity index (χ1v) is 10.5. The maximum absolute atomic E-state index is 13.1. The highest BCUT2D eigenvalue weighted by Crippen LogP contribution is 2.34. The summed E-state index contributed by atoms with van der Waals surface area (Å²) in [5.41, 5.74) is 1.84. The van der Waals surface area contributed by atoms with E-state index in [4.69, 9.17) is 9.72 Å². The van der Waals surface area contributed by atoms with Crippen LogP contribution in [0.3, 0.4) is 0 Å². The first-order valence-electron chi connectivity index (χ1n) is 8.88. The molecule has 3 heterocycles. The van der Waals surface area contributed by atoms with E-state index < -0.39 is 0 Å². The number of ether oxygens (including phenoxy) is 1. The van der Waals surface area contributed by atoms with Gasteiger partial charge in [0.15, 0.2) is 0 Å². The lowest BCUT2D eigenvalue weighted by atomic mass is 10.3. The van der Waals surface area contributed by atoms with E-state index in [1.54, 1.807) is 29.5 Å². The Labute approximate surface area is 171 Å². The smallest absolute Gasteiger partial charge is 0.264 e. The number of benzene rings is 1. The van der Waals surface area contributed by atoms with Crippen LogP contribution >= 0.6 is 22.7 Å². The van der Waals surface area contributed by atoms with Gasteiger partial charge in [-0.2, -0.15) is 0 Å². The molecule has 3 aromatic heterocycles. The topological polar surface area (TPSA) is 55.3 Å². The molecule has 28 heavy (non-hydrogen) atoms. The summed E-state index contributed by atoms with van der Waals surface area (Å²) in [6.07, 6.45) is 1.74. The predicted octanol–water partition coefficient (Wildman–Crippen LogP) is 4.71.